The number of hydrogen-bond acceptors (Lipinski definition) is 10. The summed E-state index contributed by atoms with van der Waals surface area (Å²) < 4.78 is 59.6. The van der Waals surface area contributed by atoms with Crippen molar-refractivity contribution in [3.8, 4) is 5.88 Å². The van der Waals surface area contributed by atoms with E-state index in [0.29, 0.717) is 72.9 Å². The summed E-state index contributed by atoms with van der Waals surface area (Å²) in [7, 11) is 0. The Kier molecular flexibility index (Phi) is 13.3. The summed E-state index contributed by atoms with van der Waals surface area (Å²) >= 11 is 6.16. The molecule has 0 bridgehead atoms. The highest BCUT2D eigenvalue weighted by Gasteiger charge is 2.45. The van der Waals surface area contributed by atoms with E-state index in [4.69, 9.17) is 36.7 Å². The highest BCUT2D eigenvalue weighted by Crippen LogP contribution is 2.45. The maximum Gasteiger partial charge on any atom is 0.429 e. The molecule has 288 valence electrons. The number of carboxylic acid groups (broad SMARTS) is 1. The van der Waals surface area contributed by atoms with Gasteiger partial charge in [-0.1, -0.05) is 48.0 Å². The molecule has 1 saturated heterocycles. The van der Waals surface area contributed by atoms with Crippen molar-refractivity contribution in [2.75, 3.05) is 38.6 Å². The van der Waals surface area contributed by atoms with E-state index in [0.717, 1.165) is 12.0 Å². The number of esters is 1. The maximum absolute atomic E-state index is 14.5. The first-order valence-corrected chi connectivity index (χ1v) is 17.7. The maximum atomic E-state index is 14.5. The second-order valence-electron chi connectivity index (χ2n) is 13.1. The van der Waals surface area contributed by atoms with Gasteiger partial charge >= 0.3 is 18.1 Å². The van der Waals surface area contributed by atoms with E-state index < -0.39 is 18.2 Å². The number of benzene rings is 2. The van der Waals surface area contributed by atoms with Crippen LogP contribution in [0.25, 0.3) is 11.1 Å². The van der Waals surface area contributed by atoms with Crippen LogP contribution in [0.5, 0.6) is 5.88 Å². The number of ether oxygens (including phenoxy) is 3. The summed E-state index contributed by atoms with van der Waals surface area (Å²) in [4.78, 5) is 41.7. The van der Waals surface area contributed by atoms with E-state index >= 15 is 0 Å². The Hall–Kier alpha value is -4.99. The lowest BCUT2D eigenvalue weighted by Crippen LogP contribution is -2.32. The molecule has 1 fully saturated rings. The number of carbonyl (C=O) groups is 3. The number of anilines is 1. The Labute approximate surface area is 314 Å². The van der Waals surface area contributed by atoms with Gasteiger partial charge in [0.15, 0.2) is 0 Å². The van der Waals surface area contributed by atoms with Crippen molar-refractivity contribution in [2.24, 2.45) is 5.41 Å². The largest absolute Gasteiger partial charge is 0.480 e. The van der Waals surface area contributed by atoms with Crippen LogP contribution in [0.15, 0.2) is 66.7 Å². The standard InChI is InChI=1S/C29H32ClF3N4O4.C9H9NO3/c1-2-40-26(38)23-14-28(16-35-23)9-7-17(8-10-28)22-13-24(37-27(34)36-22)41-25(29(31,32)33)20-6-5-19(30)12-21(20)18-4-3-11-39-15-18;11-8(12)6-10-9(13)7-4-2-1-3-5-7/h4-7,12-13,23,25,35H,2-3,8-11,14-16H2,1H3,(H2,34,36,37);1-5H,6H2,(H,10,13)(H,11,12). The monoisotopic (exact) mass is 771 g/mol. The number of nitrogens with two attached hydrogens (primary N) is 1. The molecule has 16 heteroatoms. The Morgan fingerprint density at radius 2 is 1.91 bits per heavy atom. The van der Waals surface area contributed by atoms with E-state index in [1.165, 1.54) is 24.3 Å². The molecule has 0 radical (unpaired) electrons. The molecule has 1 aromatic heterocycles. The minimum atomic E-state index is -4.76. The molecular weight excluding hydrogens is 731 g/mol. The molecule has 2 aliphatic heterocycles. The number of nitrogen functional groups attached to an aromatic ring is 1. The minimum absolute atomic E-state index is 0.0945. The van der Waals surface area contributed by atoms with E-state index in [1.807, 2.05) is 12.2 Å². The molecule has 3 aliphatic rings. The highest BCUT2D eigenvalue weighted by molar-refractivity contribution is 6.30. The van der Waals surface area contributed by atoms with Gasteiger partial charge in [-0.15, -0.1) is 0 Å². The topological polar surface area (TPSA) is 175 Å². The van der Waals surface area contributed by atoms with Crippen LogP contribution < -0.4 is 21.1 Å². The fourth-order valence-corrected chi connectivity index (χ4v) is 6.74. The van der Waals surface area contributed by atoms with Gasteiger partial charge in [0.25, 0.3) is 5.91 Å². The molecule has 54 heavy (non-hydrogen) atoms. The quantitative estimate of drug-likeness (QED) is 0.173. The second kappa shape index (κ2) is 17.9. The van der Waals surface area contributed by atoms with Crippen LogP contribution in [0.4, 0.5) is 19.1 Å². The van der Waals surface area contributed by atoms with Gasteiger partial charge in [0.1, 0.15) is 12.6 Å². The number of amides is 1. The molecule has 3 aromatic rings. The summed E-state index contributed by atoms with van der Waals surface area (Å²) in [6.45, 7) is 3.11. The SMILES string of the molecule is CCOC(=O)C1CC2(CC=C(c3cc(OC(c4ccc(Cl)cc4C4=CCCOC4)C(F)(F)F)nc(N)n3)CC2)CN1.O=C(O)CNC(=O)c1ccccc1. The zero-order chi connectivity index (χ0) is 38.9. The third-order valence-electron chi connectivity index (χ3n) is 9.21. The number of nitrogens with zero attached hydrogens (tertiary/aromatic N) is 2. The smallest absolute Gasteiger partial charge is 0.429 e. The number of allylic oxidation sites excluding steroid dienone is 2. The average molecular weight is 772 g/mol. The first-order valence-electron chi connectivity index (χ1n) is 17.4. The summed E-state index contributed by atoms with van der Waals surface area (Å²) in [6, 6.07) is 13.7. The van der Waals surface area contributed by atoms with Gasteiger partial charge in [0.2, 0.25) is 17.9 Å². The molecule has 1 spiro atoms. The van der Waals surface area contributed by atoms with Crippen molar-refractivity contribution in [3.63, 3.8) is 0 Å². The number of aromatic nitrogens is 2. The number of nitrogens with one attached hydrogen (secondary N) is 2. The Bertz CT molecular complexity index is 1890. The van der Waals surface area contributed by atoms with E-state index in [2.05, 4.69) is 20.6 Å². The summed E-state index contributed by atoms with van der Waals surface area (Å²) in [6.07, 6.45) is 0.0929. The molecule has 5 N–H and O–H groups in total. The van der Waals surface area contributed by atoms with Gasteiger partial charge in [0.05, 0.1) is 25.5 Å². The van der Waals surface area contributed by atoms with E-state index in [9.17, 15) is 27.6 Å². The van der Waals surface area contributed by atoms with E-state index in [-0.39, 0.29) is 53.9 Å². The normalized spacial score (nSPS) is 20.1. The lowest BCUT2D eigenvalue weighted by molar-refractivity contribution is -0.198. The number of carboxylic acids is 1. The zero-order valence-electron chi connectivity index (χ0n) is 29.5. The molecular formula is C38H41ClF3N5O7. The Morgan fingerprint density at radius 3 is 2.56 bits per heavy atom. The molecule has 3 unspecified atom stereocenters. The highest BCUT2D eigenvalue weighted by atomic mass is 35.5. The van der Waals surface area contributed by atoms with Crippen molar-refractivity contribution >= 4 is 46.5 Å². The second-order valence-corrected chi connectivity index (χ2v) is 13.5. The van der Waals surface area contributed by atoms with Gasteiger partial charge in [-0.3, -0.25) is 14.4 Å². The number of hydrogen-bond donors (Lipinski definition) is 4. The number of alkyl halides is 3. The fraction of sp³-hybridized carbons (Fsp3) is 0.395. The molecule has 6 rings (SSSR count). The van der Waals surface area contributed by atoms with Crippen LogP contribution in [0.2, 0.25) is 5.02 Å². The summed E-state index contributed by atoms with van der Waals surface area (Å²) in [5.74, 6) is -2.15. The van der Waals surface area contributed by atoms with Crippen LogP contribution in [-0.2, 0) is 19.1 Å². The lowest BCUT2D eigenvalue weighted by atomic mass is 9.73. The lowest BCUT2D eigenvalue weighted by Gasteiger charge is -2.32. The number of aliphatic carboxylic acids is 1. The van der Waals surface area contributed by atoms with Crippen LogP contribution in [0.1, 0.15) is 72.3 Å². The average Bonchev–Trinajstić information content (AvgIpc) is 3.57. The van der Waals surface area contributed by atoms with Crippen LogP contribution in [0.3, 0.4) is 0 Å². The van der Waals surface area contributed by atoms with Gasteiger partial charge in [-0.05, 0) is 85.4 Å². The summed E-state index contributed by atoms with van der Waals surface area (Å²) in [5, 5.41) is 14.1. The first-order chi connectivity index (χ1) is 25.8. The zero-order valence-corrected chi connectivity index (χ0v) is 30.2. The predicted molar refractivity (Wildman–Crippen MR) is 194 cm³/mol. The van der Waals surface area contributed by atoms with Crippen molar-refractivity contribution in [1.29, 1.82) is 0 Å². The molecule has 3 heterocycles. The molecule has 3 atom stereocenters. The van der Waals surface area contributed by atoms with Gasteiger partial charge in [0, 0.05) is 28.8 Å². The number of halogens is 4. The Morgan fingerprint density at radius 1 is 1.13 bits per heavy atom. The number of rotatable bonds is 10. The third-order valence-corrected chi connectivity index (χ3v) is 9.45. The molecule has 0 saturated carbocycles. The van der Waals surface area contributed by atoms with Crippen LogP contribution in [-0.4, -0.2) is 78.0 Å². The molecule has 1 amide bonds. The van der Waals surface area contributed by atoms with Crippen LogP contribution in [0, 0.1) is 5.41 Å². The van der Waals surface area contributed by atoms with Crippen molar-refractivity contribution in [1.82, 2.24) is 20.6 Å². The van der Waals surface area contributed by atoms with Gasteiger partial charge < -0.3 is 35.7 Å². The Balaban J connectivity index is 0.000000365. The first kappa shape index (κ1) is 40.2. The van der Waals surface area contributed by atoms with E-state index in [1.54, 1.807) is 37.3 Å². The summed E-state index contributed by atoms with van der Waals surface area (Å²) in [5.41, 5.74) is 8.39. The minimum Gasteiger partial charge on any atom is -0.480 e. The van der Waals surface area contributed by atoms with Gasteiger partial charge in [-0.25, -0.2) is 4.98 Å². The number of carbonyl (C=O) groups excluding carboxylic acids is 2. The van der Waals surface area contributed by atoms with Crippen molar-refractivity contribution in [3.05, 3.63) is 94.2 Å². The van der Waals surface area contributed by atoms with Crippen LogP contribution >= 0.6 is 11.6 Å². The molecule has 1 aliphatic carbocycles. The predicted octanol–water partition coefficient (Wildman–Crippen LogP) is 6.18. The molecule has 2 aromatic carbocycles. The van der Waals surface area contributed by atoms with Crippen molar-refractivity contribution < 1.29 is 46.9 Å². The molecule has 12 nitrogen and oxygen atoms in total. The third kappa shape index (κ3) is 10.6. The fourth-order valence-electron chi connectivity index (χ4n) is 6.57. The van der Waals surface area contributed by atoms with Gasteiger partial charge in [-0.2, -0.15) is 18.2 Å². The van der Waals surface area contributed by atoms with Crippen molar-refractivity contribution in [2.45, 2.75) is 57.3 Å².